The van der Waals surface area contributed by atoms with Gasteiger partial charge in [0.25, 0.3) is 0 Å². The standard InChI is InChI=1S/C52H92O14/c1-3-5-7-9-11-13-15-16-17-18-19-20-21-22-23-24-25-27-29-31-33-35-44(54)64-41(38-61-36-34-32-30-28-26-14-12-10-8-6-4-2)39-62-51-50(60)48(58)46(56)43(66-51)40-63-52-49(59)47(57)45(55)42(37-53)65-52/h5,7,11,13,16-17,19-20,41-43,45-53,55-60H,3-4,6,8-10,12,14-15,18,21-40H2,1-2H3/b7-5-,13-11-,17-16-,20-19-. The van der Waals surface area contributed by atoms with Crippen LogP contribution in [-0.2, 0) is 33.2 Å². The lowest BCUT2D eigenvalue weighted by atomic mass is 9.98. The van der Waals surface area contributed by atoms with Gasteiger partial charge in [0.05, 0.1) is 26.4 Å². The molecule has 11 atom stereocenters. The van der Waals surface area contributed by atoms with Crippen molar-refractivity contribution in [3.63, 3.8) is 0 Å². The molecule has 0 amide bonds. The van der Waals surface area contributed by atoms with E-state index in [0.717, 1.165) is 70.6 Å². The first-order valence-electron chi connectivity index (χ1n) is 25.7. The number of aliphatic hydroxyl groups excluding tert-OH is 7. The van der Waals surface area contributed by atoms with Gasteiger partial charge in [-0.3, -0.25) is 4.79 Å². The van der Waals surface area contributed by atoms with E-state index in [1.54, 1.807) is 0 Å². The Kier molecular flexibility index (Phi) is 36.2. The maximum atomic E-state index is 13.0. The van der Waals surface area contributed by atoms with Crippen molar-refractivity contribution in [2.75, 3.05) is 33.0 Å². The highest BCUT2D eigenvalue weighted by molar-refractivity contribution is 5.69. The van der Waals surface area contributed by atoms with Gasteiger partial charge in [-0.15, -0.1) is 0 Å². The third-order valence-electron chi connectivity index (χ3n) is 12.1. The lowest BCUT2D eigenvalue weighted by Crippen LogP contribution is -2.61. The zero-order chi connectivity index (χ0) is 48.0. The number of hydrogen-bond acceptors (Lipinski definition) is 14. The van der Waals surface area contributed by atoms with Gasteiger partial charge in [-0.25, -0.2) is 0 Å². The Morgan fingerprint density at radius 2 is 0.985 bits per heavy atom. The topological polar surface area (TPSA) is 214 Å². The van der Waals surface area contributed by atoms with Crippen molar-refractivity contribution in [3.8, 4) is 0 Å². The van der Waals surface area contributed by atoms with E-state index in [2.05, 4.69) is 62.5 Å². The van der Waals surface area contributed by atoms with E-state index in [-0.39, 0.29) is 25.6 Å². The van der Waals surface area contributed by atoms with Crippen molar-refractivity contribution in [3.05, 3.63) is 48.6 Å². The number of unbranched alkanes of at least 4 members (excludes halogenated alkanes) is 18. The molecule has 0 spiro atoms. The molecule has 0 aromatic carbocycles. The number of ether oxygens (including phenoxy) is 6. The number of aliphatic hydroxyl groups is 7. The first-order valence-corrected chi connectivity index (χ1v) is 25.7. The molecule has 0 aliphatic carbocycles. The summed E-state index contributed by atoms with van der Waals surface area (Å²) in [7, 11) is 0. The van der Waals surface area contributed by atoms with Gasteiger partial charge in [0.1, 0.15) is 54.9 Å². The van der Waals surface area contributed by atoms with Gasteiger partial charge >= 0.3 is 5.97 Å². The van der Waals surface area contributed by atoms with Gasteiger partial charge in [0.15, 0.2) is 12.6 Å². The van der Waals surface area contributed by atoms with Crippen molar-refractivity contribution in [2.45, 2.75) is 242 Å². The summed E-state index contributed by atoms with van der Waals surface area (Å²) >= 11 is 0. The molecule has 14 nitrogen and oxygen atoms in total. The van der Waals surface area contributed by atoms with E-state index in [4.69, 9.17) is 28.4 Å². The second kappa shape index (κ2) is 39.8. The second-order valence-corrected chi connectivity index (χ2v) is 18.0. The first kappa shape index (κ1) is 60.1. The van der Waals surface area contributed by atoms with E-state index in [1.165, 1.54) is 77.0 Å². The summed E-state index contributed by atoms with van der Waals surface area (Å²) in [5, 5.41) is 72.1. The third-order valence-corrected chi connectivity index (χ3v) is 12.1. The monoisotopic (exact) mass is 941 g/mol. The third kappa shape index (κ3) is 27.2. The van der Waals surface area contributed by atoms with Crippen molar-refractivity contribution in [1.29, 1.82) is 0 Å². The molecule has 0 radical (unpaired) electrons. The maximum Gasteiger partial charge on any atom is 0.306 e. The average molecular weight is 941 g/mol. The van der Waals surface area contributed by atoms with E-state index in [0.29, 0.717) is 13.0 Å². The summed E-state index contributed by atoms with van der Waals surface area (Å²) in [5.41, 5.74) is 0. The Hall–Kier alpha value is -2.05. The highest BCUT2D eigenvalue weighted by atomic mass is 16.7. The van der Waals surface area contributed by atoms with Crippen LogP contribution in [0.4, 0.5) is 0 Å². The second-order valence-electron chi connectivity index (χ2n) is 18.0. The number of allylic oxidation sites excluding steroid dienone is 8. The van der Waals surface area contributed by atoms with Crippen LogP contribution in [0.5, 0.6) is 0 Å². The molecule has 384 valence electrons. The van der Waals surface area contributed by atoms with Gasteiger partial charge in [0.2, 0.25) is 0 Å². The van der Waals surface area contributed by atoms with Crippen molar-refractivity contribution >= 4 is 5.97 Å². The minimum Gasteiger partial charge on any atom is -0.457 e. The molecule has 2 saturated heterocycles. The molecule has 2 aliphatic heterocycles. The summed E-state index contributed by atoms with van der Waals surface area (Å²) in [5.74, 6) is -0.385. The summed E-state index contributed by atoms with van der Waals surface area (Å²) in [4.78, 5) is 13.0. The largest absolute Gasteiger partial charge is 0.457 e. The molecule has 0 bridgehead atoms. The SMILES string of the molecule is CC/C=C\C/C=C\C/C=C\C/C=C\CCCCCCCCCCC(=O)OC(COCCCCCCCCCCCCC)COC1OC(COC2OC(CO)C(O)C(O)C2O)C(O)C(O)C1O. The van der Waals surface area contributed by atoms with Crippen molar-refractivity contribution in [2.24, 2.45) is 0 Å². The van der Waals surface area contributed by atoms with Gasteiger partial charge in [-0.2, -0.15) is 0 Å². The van der Waals surface area contributed by atoms with E-state index >= 15 is 0 Å². The van der Waals surface area contributed by atoms with Crippen LogP contribution in [0, 0.1) is 0 Å². The minimum absolute atomic E-state index is 0.0590. The fourth-order valence-corrected chi connectivity index (χ4v) is 7.92. The highest BCUT2D eigenvalue weighted by Crippen LogP contribution is 2.26. The Morgan fingerprint density at radius 1 is 0.515 bits per heavy atom. The number of carbonyl (C=O) groups is 1. The lowest BCUT2D eigenvalue weighted by molar-refractivity contribution is -0.332. The van der Waals surface area contributed by atoms with E-state index < -0.39 is 80.7 Å². The van der Waals surface area contributed by atoms with Gasteiger partial charge < -0.3 is 64.2 Å². The van der Waals surface area contributed by atoms with Crippen LogP contribution in [-0.4, -0.2) is 142 Å². The fraction of sp³-hybridized carbons (Fsp3) is 0.827. The molecule has 14 heteroatoms. The Balaban J connectivity index is 1.74. The first-order chi connectivity index (χ1) is 32.1. The van der Waals surface area contributed by atoms with Crippen LogP contribution in [0.2, 0.25) is 0 Å². The van der Waals surface area contributed by atoms with E-state index in [1.807, 2.05) is 0 Å². The van der Waals surface area contributed by atoms with Gasteiger partial charge in [-0.05, 0) is 51.4 Å². The maximum absolute atomic E-state index is 13.0. The number of esters is 1. The predicted octanol–water partition coefficient (Wildman–Crippen LogP) is 7.57. The highest BCUT2D eigenvalue weighted by Gasteiger charge is 2.47. The normalized spacial score (nSPS) is 26.7. The van der Waals surface area contributed by atoms with Crippen LogP contribution in [0.1, 0.15) is 174 Å². The molecule has 2 aliphatic rings. The summed E-state index contributed by atoms with van der Waals surface area (Å²) in [6.45, 7) is 3.56. The molecular weight excluding hydrogens is 849 g/mol. The molecule has 0 aromatic rings. The van der Waals surface area contributed by atoms with Crippen LogP contribution < -0.4 is 0 Å². The molecule has 2 rings (SSSR count). The molecule has 11 unspecified atom stereocenters. The Labute approximate surface area is 397 Å². The minimum atomic E-state index is -1.71. The zero-order valence-corrected chi connectivity index (χ0v) is 40.7. The smallest absolute Gasteiger partial charge is 0.306 e. The summed E-state index contributed by atoms with van der Waals surface area (Å²) < 4.78 is 34.2. The summed E-state index contributed by atoms with van der Waals surface area (Å²) in [6, 6.07) is 0. The molecular formula is C52H92O14. The average Bonchev–Trinajstić information content (AvgIpc) is 3.31. The van der Waals surface area contributed by atoms with Crippen LogP contribution in [0.25, 0.3) is 0 Å². The van der Waals surface area contributed by atoms with Crippen molar-refractivity contribution < 1.29 is 69.0 Å². The molecule has 2 heterocycles. The molecule has 2 fully saturated rings. The Morgan fingerprint density at radius 3 is 1.55 bits per heavy atom. The number of rotatable bonds is 40. The van der Waals surface area contributed by atoms with E-state index in [9.17, 15) is 40.5 Å². The lowest BCUT2D eigenvalue weighted by Gasteiger charge is -2.42. The van der Waals surface area contributed by atoms with Crippen LogP contribution >= 0.6 is 0 Å². The summed E-state index contributed by atoms with van der Waals surface area (Å²) in [6.07, 6.45) is 28.9. The van der Waals surface area contributed by atoms with Gasteiger partial charge in [-0.1, -0.05) is 165 Å². The van der Waals surface area contributed by atoms with Gasteiger partial charge in [0, 0.05) is 13.0 Å². The predicted molar refractivity (Wildman–Crippen MR) is 256 cm³/mol. The van der Waals surface area contributed by atoms with Crippen LogP contribution in [0.15, 0.2) is 48.6 Å². The molecule has 7 N–H and O–H groups in total. The fourth-order valence-electron chi connectivity index (χ4n) is 7.92. The number of carbonyl (C=O) groups excluding carboxylic acids is 1. The molecule has 0 aromatic heterocycles. The van der Waals surface area contributed by atoms with Crippen molar-refractivity contribution in [1.82, 2.24) is 0 Å². The molecule has 0 saturated carbocycles. The number of hydrogen-bond donors (Lipinski definition) is 7. The quantitative estimate of drug-likeness (QED) is 0.0179. The van der Waals surface area contributed by atoms with Crippen LogP contribution in [0.3, 0.4) is 0 Å². The Bertz CT molecular complexity index is 1280. The zero-order valence-electron chi connectivity index (χ0n) is 40.7. The molecule has 66 heavy (non-hydrogen) atoms.